The monoisotopic (exact) mass is 466 g/mol. The summed E-state index contributed by atoms with van der Waals surface area (Å²) in [5, 5.41) is 10.5. The number of aromatic hydroxyl groups is 1. The van der Waals surface area contributed by atoms with Gasteiger partial charge in [-0.3, -0.25) is 0 Å². The van der Waals surface area contributed by atoms with Crippen LogP contribution in [0.3, 0.4) is 0 Å². The van der Waals surface area contributed by atoms with Crippen LogP contribution in [0.2, 0.25) is 0 Å². The number of hydrogen-bond donors (Lipinski definition) is 2. The van der Waals surface area contributed by atoms with E-state index in [1.165, 1.54) is 0 Å². The zero-order valence-electron chi connectivity index (χ0n) is 19.6. The van der Waals surface area contributed by atoms with Crippen LogP contribution in [0.25, 0.3) is 5.70 Å². The van der Waals surface area contributed by atoms with E-state index in [-0.39, 0.29) is 5.75 Å². The van der Waals surface area contributed by atoms with Crippen LogP contribution in [0, 0.1) is 0 Å². The number of hydrogen-bond acceptors (Lipinski definition) is 5. The molecule has 5 heteroatoms. The van der Waals surface area contributed by atoms with Crippen LogP contribution in [0.4, 0.5) is 0 Å². The number of benzene rings is 4. The number of nitrogens with two attached hydrogens (primary N) is 1. The molecule has 0 atom stereocenters. The van der Waals surface area contributed by atoms with Gasteiger partial charge in [0.25, 0.3) is 0 Å². The topological polar surface area (TPSA) is 68.0 Å². The van der Waals surface area contributed by atoms with E-state index >= 15 is 0 Å². The van der Waals surface area contributed by atoms with Gasteiger partial charge in [-0.25, -0.2) is 0 Å². The van der Waals surface area contributed by atoms with Gasteiger partial charge in [0, 0.05) is 30.9 Å². The molecular weight excluding hydrogens is 436 g/mol. The van der Waals surface area contributed by atoms with Gasteiger partial charge in [0.1, 0.15) is 18.1 Å². The molecule has 4 aromatic rings. The number of para-hydroxylation sites is 1. The predicted molar refractivity (Wildman–Crippen MR) is 140 cm³/mol. The van der Waals surface area contributed by atoms with Crippen LogP contribution in [0.5, 0.6) is 23.0 Å². The number of rotatable bonds is 11. The van der Waals surface area contributed by atoms with Crippen LogP contribution in [0.15, 0.2) is 110 Å². The lowest BCUT2D eigenvalue weighted by Gasteiger charge is -2.27. The second-order valence-corrected chi connectivity index (χ2v) is 8.17. The predicted octanol–water partition coefficient (Wildman–Crippen LogP) is 6.20. The van der Waals surface area contributed by atoms with Crippen molar-refractivity contribution in [2.75, 3.05) is 13.1 Å². The number of nitrogens with zero attached hydrogens (tertiary/aromatic N) is 1. The van der Waals surface area contributed by atoms with Crippen molar-refractivity contribution in [2.24, 2.45) is 5.73 Å². The average molecular weight is 467 g/mol. The van der Waals surface area contributed by atoms with Crippen LogP contribution >= 0.6 is 0 Å². The van der Waals surface area contributed by atoms with E-state index in [2.05, 4.69) is 11.5 Å². The Hall–Kier alpha value is -4.22. The van der Waals surface area contributed by atoms with Gasteiger partial charge in [0.05, 0.1) is 0 Å². The molecule has 178 valence electrons. The van der Waals surface area contributed by atoms with E-state index in [1.54, 1.807) is 12.1 Å². The molecule has 4 rings (SSSR count). The summed E-state index contributed by atoms with van der Waals surface area (Å²) in [4.78, 5) is 2.10. The molecule has 0 aromatic heterocycles. The lowest BCUT2D eigenvalue weighted by Crippen LogP contribution is -2.27. The molecule has 0 spiro atoms. The zero-order valence-corrected chi connectivity index (χ0v) is 19.6. The molecule has 0 bridgehead atoms. The maximum absolute atomic E-state index is 10.5. The Morgan fingerprint density at radius 3 is 2.11 bits per heavy atom. The van der Waals surface area contributed by atoms with E-state index < -0.39 is 0 Å². The smallest absolute Gasteiger partial charge is 0.161 e. The van der Waals surface area contributed by atoms with Gasteiger partial charge in [-0.1, -0.05) is 67.2 Å². The molecule has 0 saturated carbocycles. The van der Waals surface area contributed by atoms with E-state index in [4.69, 9.17) is 15.2 Å². The van der Waals surface area contributed by atoms with Gasteiger partial charge < -0.3 is 25.2 Å². The maximum atomic E-state index is 10.5. The molecule has 0 amide bonds. The first-order valence-corrected chi connectivity index (χ1v) is 11.6. The van der Waals surface area contributed by atoms with Crippen LogP contribution in [0.1, 0.15) is 16.7 Å². The normalized spacial score (nSPS) is 10.5. The number of phenols is 1. The summed E-state index contributed by atoms with van der Waals surface area (Å²) in [6, 6.07) is 32.9. The highest BCUT2D eigenvalue weighted by Gasteiger charge is 2.13. The van der Waals surface area contributed by atoms with Gasteiger partial charge in [0.15, 0.2) is 11.5 Å². The minimum atomic E-state index is 0.0784. The largest absolute Gasteiger partial charge is 0.504 e. The Labute approximate surface area is 206 Å². The fourth-order valence-corrected chi connectivity index (χ4v) is 3.71. The van der Waals surface area contributed by atoms with Gasteiger partial charge in [0.2, 0.25) is 0 Å². The highest BCUT2D eigenvalue weighted by atomic mass is 16.5. The SMILES string of the molecule is C=C(c1ccc(OCc2ccccc2)c(O)c1)N(CCN)Cc1ccc(Oc2ccccc2)cc1. The third-order valence-electron chi connectivity index (χ3n) is 5.59. The molecule has 0 heterocycles. The molecular formula is C30H30N2O3. The summed E-state index contributed by atoms with van der Waals surface area (Å²) < 4.78 is 11.7. The van der Waals surface area contributed by atoms with Gasteiger partial charge in [-0.05, 0) is 53.6 Å². The minimum Gasteiger partial charge on any atom is -0.504 e. The van der Waals surface area contributed by atoms with Crippen molar-refractivity contribution in [3.8, 4) is 23.0 Å². The summed E-state index contributed by atoms with van der Waals surface area (Å²) in [5.41, 5.74) is 9.62. The van der Waals surface area contributed by atoms with Crippen molar-refractivity contribution >= 4 is 5.70 Å². The molecule has 4 aromatic carbocycles. The summed E-state index contributed by atoms with van der Waals surface area (Å²) >= 11 is 0. The van der Waals surface area contributed by atoms with E-state index in [9.17, 15) is 5.11 Å². The first-order valence-electron chi connectivity index (χ1n) is 11.6. The number of ether oxygens (including phenoxy) is 2. The van der Waals surface area contributed by atoms with Crippen molar-refractivity contribution < 1.29 is 14.6 Å². The lowest BCUT2D eigenvalue weighted by molar-refractivity contribution is 0.289. The fourth-order valence-electron chi connectivity index (χ4n) is 3.71. The van der Waals surface area contributed by atoms with Gasteiger partial charge in [-0.2, -0.15) is 0 Å². The molecule has 0 unspecified atom stereocenters. The van der Waals surface area contributed by atoms with Crippen LogP contribution < -0.4 is 15.2 Å². The summed E-state index contributed by atoms with van der Waals surface area (Å²) in [5.74, 6) is 2.09. The minimum absolute atomic E-state index is 0.0784. The van der Waals surface area contributed by atoms with Gasteiger partial charge in [-0.15, -0.1) is 0 Å². The first-order chi connectivity index (χ1) is 17.1. The molecule has 5 nitrogen and oxygen atoms in total. The average Bonchev–Trinajstić information content (AvgIpc) is 2.89. The Kier molecular flexibility index (Phi) is 8.04. The summed E-state index contributed by atoms with van der Waals surface area (Å²) in [7, 11) is 0. The molecule has 35 heavy (non-hydrogen) atoms. The van der Waals surface area contributed by atoms with E-state index in [0.717, 1.165) is 33.9 Å². The van der Waals surface area contributed by atoms with E-state index in [1.807, 2.05) is 91.0 Å². The Bertz CT molecular complexity index is 1230. The standard InChI is InChI=1S/C30H30N2O3/c1-23(26-14-17-30(29(33)20-26)34-22-25-8-4-2-5-9-25)32(19-18-31)21-24-12-15-28(16-13-24)35-27-10-6-3-7-11-27/h2-17,20,33H,1,18-19,21-22,31H2. The summed E-state index contributed by atoms with van der Waals surface area (Å²) in [6.45, 7) is 6.41. The quantitative estimate of drug-likeness (QED) is 0.276. The van der Waals surface area contributed by atoms with Crippen molar-refractivity contribution in [1.82, 2.24) is 4.90 Å². The Morgan fingerprint density at radius 1 is 0.800 bits per heavy atom. The van der Waals surface area contributed by atoms with Gasteiger partial charge >= 0.3 is 0 Å². The molecule has 0 aliphatic carbocycles. The fraction of sp³-hybridized carbons (Fsp3) is 0.133. The lowest BCUT2D eigenvalue weighted by atomic mass is 10.1. The highest BCUT2D eigenvalue weighted by molar-refractivity contribution is 5.65. The molecule has 0 radical (unpaired) electrons. The third-order valence-corrected chi connectivity index (χ3v) is 5.59. The zero-order chi connectivity index (χ0) is 24.5. The maximum Gasteiger partial charge on any atom is 0.161 e. The Balaban J connectivity index is 1.41. The van der Waals surface area contributed by atoms with Crippen LogP contribution in [-0.4, -0.2) is 23.1 Å². The second-order valence-electron chi connectivity index (χ2n) is 8.17. The second kappa shape index (κ2) is 11.8. The summed E-state index contributed by atoms with van der Waals surface area (Å²) in [6.07, 6.45) is 0. The van der Waals surface area contributed by atoms with Crippen molar-refractivity contribution in [1.29, 1.82) is 0 Å². The third kappa shape index (κ3) is 6.65. The van der Waals surface area contributed by atoms with E-state index in [0.29, 0.717) is 32.0 Å². The van der Waals surface area contributed by atoms with Crippen molar-refractivity contribution in [3.63, 3.8) is 0 Å². The highest BCUT2D eigenvalue weighted by Crippen LogP contribution is 2.31. The molecule has 0 fully saturated rings. The molecule has 0 aliphatic rings. The molecule has 0 aliphatic heterocycles. The number of phenolic OH excluding ortho intramolecular Hbond substituents is 1. The molecule has 0 saturated heterocycles. The van der Waals surface area contributed by atoms with Crippen molar-refractivity contribution in [3.05, 3.63) is 126 Å². The Morgan fingerprint density at radius 2 is 1.46 bits per heavy atom. The van der Waals surface area contributed by atoms with Crippen molar-refractivity contribution in [2.45, 2.75) is 13.2 Å². The van der Waals surface area contributed by atoms with Crippen LogP contribution in [-0.2, 0) is 13.2 Å². The molecule has 3 N–H and O–H groups in total. The first kappa shape index (κ1) is 23.9.